The SMILES string of the molecule is C=C1C(=C)[C@@H]2[C@@H](CC[C@]3(C)C(=O)NC[C@@H]23)[C@@]2(C)CCC(=O)C=C12. The number of allylic oxidation sites excluding steroid dienone is 4. The van der Waals surface area contributed by atoms with Crippen LogP contribution in [0, 0.1) is 28.6 Å². The van der Waals surface area contributed by atoms with Gasteiger partial charge in [-0.1, -0.05) is 27.0 Å². The molecular formula is C20H25NO2. The Balaban J connectivity index is 1.83. The van der Waals surface area contributed by atoms with Gasteiger partial charge in [0.25, 0.3) is 0 Å². The lowest BCUT2D eigenvalue weighted by Crippen LogP contribution is -2.52. The van der Waals surface area contributed by atoms with Crippen LogP contribution in [0.3, 0.4) is 0 Å². The predicted octanol–water partition coefficient (Wildman–Crippen LogP) is 3.19. The standard InChI is InChI=1S/C20H25NO2/c1-11-12(2)17-14(19(3)7-5-13(22)9-15(11)19)6-8-20(4)16(17)10-21-18(20)23/h9,14,16-17H,1-2,5-8,10H2,3-4H3,(H,21,23)/t14-,16+,17-,19-,20+/m1/s1. The second kappa shape index (κ2) is 4.46. The third kappa shape index (κ3) is 1.71. The van der Waals surface area contributed by atoms with Crippen LogP contribution in [0.4, 0.5) is 0 Å². The summed E-state index contributed by atoms with van der Waals surface area (Å²) in [6, 6.07) is 0. The molecule has 0 aromatic rings. The van der Waals surface area contributed by atoms with Crippen molar-refractivity contribution in [3.63, 3.8) is 0 Å². The number of hydrogen-bond acceptors (Lipinski definition) is 2. The van der Waals surface area contributed by atoms with Gasteiger partial charge in [-0.3, -0.25) is 9.59 Å². The lowest BCUT2D eigenvalue weighted by Gasteiger charge is -2.57. The molecule has 0 unspecified atom stereocenters. The molecule has 0 radical (unpaired) electrons. The lowest BCUT2D eigenvalue weighted by molar-refractivity contribution is -0.132. The lowest BCUT2D eigenvalue weighted by atomic mass is 9.45. The van der Waals surface area contributed by atoms with Gasteiger partial charge in [0.2, 0.25) is 5.91 Å². The maximum atomic E-state index is 12.4. The van der Waals surface area contributed by atoms with Gasteiger partial charge < -0.3 is 5.32 Å². The Hall–Kier alpha value is -1.64. The van der Waals surface area contributed by atoms with Gasteiger partial charge in [0.1, 0.15) is 0 Å². The highest BCUT2D eigenvalue weighted by Gasteiger charge is 2.61. The Morgan fingerprint density at radius 2 is 1.87 bits per heavy atom. The molecule has 1 aliphatic heterocycles. The summed E-state index contributed by atoms with van der Waals surface area (Å²) < 4.78 is 0. The van der Waals surface area contributed by atoms with Gasteiger partial charge in [0.15, 0.2) is 5.78 Å². The zero-order valence-corrected chi connectivity index (χ0v) is 14.1. The van der Waals surface area contributed by atoms with E-state index in [2.05, 4.69) is 32.3 Å². The predicted molar refractivity (Wildman–Crippen MR) is 89.5 cm³/mol. The van der Waals surface area contributed by atoms with E-state index in [1.54, 1.807) is 0 Å². The second-order valence-corrected chi connectivity index (χ2v) is 8.35. The van der Waals surface area contributed by atoms with E-state index in [1.807, 2.05) is 6.08 Å². The number of hydrogen-bond donors (Lipinski definition) is 1. The maximum Gasteiger partial charge on any atom is 0.226 e. The second-order valence-electron chi connectivity index (χ2n) is 8.35. The topological polar surface area (TPSA) is 46.2 Å². The van der Waals surface area contributed by atoms with Crippen LogP contribution in [0.15, 0.2) is 36.0 Å². The van der Waals surface area contributed by atoms with Crippen LogP contribution in [0.2, 0.25) is 0 Å². The molecule has 3 nitrogen and oxygen atoms in total. The Labute approximate surface area is 137 Å². The summed E-state index contributed by atoms with van der Waals surface area (Å²) >= 11 is 0. The molecular weight excluding hydrogens is 286 g/mol. The van der Waals surface area contributed by atoms with Crippen molar-refractivity contribution in [3.05, 3.63) is 36.0 Å². The van der Waals surface area contributed by atoms with Gasteiger partial charge in [-0.25, -0.2) is 0 Å². The Bertz CT molecular complexity index is 688. The summed E-state index contributed by atoms with van der Waals surface area (Å²) in [4.78, 5) is 24.3. The summed E-state index contributed by atoms with van der Waals surface area (Å²) in [7, 11) is 0. The number of ketones is 1. The molecule has 2 saturated carbocycles. The average Bonchev–Trinajstić information content (AvgIpc) is 2.82. The Morgan fingerprint density at radius 1 is 1.13 bits per heavy atom. The molecule has 23 heavy (non-hydrogen) atoms. The van der Waals surface area contributed by atoms with Crippen molar-refractivity contribution in [1.29, 1.82) is 0 Å². The molecule has 122 valence electrons. The van der Waals surface area contributed by atoms with Crippen LogP contribution in [0.5, 0.6) is 0 Å². The summed E-state index contributed by atoms with van der Waals surface area (Å²) in [6.07, 6.45) is 5.30. The van der Waals surface area contributed by atoms with Crippen molar-refractivity contribution in [2.75, 3.05) is 6.54 Å². The molecule has 4 rings (SSSR count). The number of carbonyl (C=O) groups is 2. The van der Waals surface area contributed by atoms with Crippen molar-refractivity contribution in [2.24, 2.45) is 28.6 Å². The van der Waals surface area contributed by atoms with Crippen molar-refractivity contribution in [2.45, 2.75) is 39.5 Å². The summed E-state index contributed by atoms with van der Waals surface area (Å²) in [5.74, 6) is 1.48. The van der Waals surface area contributed by atoms with E-state index in [4.69, 9.17) is 0 Å². The molecule has 3 fully saturated rings. The summed E-state index contributed by atoms with van der Waals surface area (Å²) in [5.41, 5.74) is 2.85. The molecule has 4 aliphatic rings. The highest BCUT2D eigenvalue weighted by atomic mass is 16.2. The average molecular weight is 311 g/mol. The van der Waals surface area contributed by atoms with Gasteiger partial charge in [0.05, 0.1) is 5.41 Å². The highest BCUT2D eigenvalue weighted by molar-refractivity contribution is 5.93. The van der Waals surface area contributed by atoms with E-state index in [9.17, 15) is 9.59 Å². The first-order valence-electron chi connectivity index (χ1n) is 8.71. The molecule has 1 heterocycles. The number of rotatable bonds is 0. The smallest absolute Gasteiger partial charge is 0.226 e. The Morgan fingerprint density at radius 3 is 2.61 bits per heavy atom. The van der Waals surface area contributed by atoms with Crippen molar-refractivity contribution < 1.29 is 9.59 Å². The van der Waals surface area contributed by atoms with Gasteiger partial charge in [-0.05, 0) is 65.2 Å². The molecule has 0 bridgehead atoms. The third-order valence-corrected chi connectivity index (χ3v) is 7.41. The molecule has 1 N–H and O–H groups in total. The van der Waals surface area contributed by atoms with E-state index >= 15 is 0 Å². The fraction of sp³-hybridized carbons (Fsp3) is 0.600. The van der Waals surface area contributed by atoms with Gasteiger partial charge in [0, 0.05) is 13.0 Å². The molecule has 0 aromatic heterocycles. The monoisotopic (exact) mass is 311 g/mol. The quantitative estimate of drug-likeness (QED) is 0.747. The minimum atomic E-state index is -0.271. The van der Waals surface area contributed by atoms with Crippen LogP contribution in [-0.4, -0.2) is 18.2 Å². The minimum Gasteiger partial charge on any atom is -0.355 e. The molecule has 1 saturated heterocycles. The first-order valence-corrected chi connectivity index (χ1v) is 8.71. The van der Waals surface area contributed by atoms with Crippen molar-refractivity contribution in [1.82, 2.24) is 5.32 Å². The molecule has 3 heteroatoms. The Kier molecular flexibility index (Phi) is 2.89. The van der Waals surface area contributed by atoms with Crippen LogP contribution in [0.25, 0.3) is 0 Å². The van der Waals surface area contributed by atoms with Gasteiger partial charge in [-0.2, -0.15) is 0 Å². The van der Waals surface area contributed by atoms with E-state index in [-0.39, 0.29) is 22.5 Å². The number of nitrogens with one attached hydrogen (secondary N) is 1. The maximum absolute atomic E-state index is 12.4. The summed E-state index contributed by atoms with van der Waals surface area (Å²) in [6.45, 7) is 13.8. The van der Waals surface area contributed by atoms with E-state index in [0.29, 0.717) is 24.2 Å². The molecule has 1 amide bonds. The largest absolute Gasteiger partial charge is 0.355 e. The molecule has 5 atom stereocenters. The highest BCUT2D eigenvalue weighted by Crippen LogP contribution is 2.64. The number of fused-ring (bicyclic) bond motifs is 5. The van der Waals surface area contributed by atoms with E-state index < -0.39 is 0 Å². The number of amides is 1. The minimum absolute atomic E-state index is 0.00379. The van der Waals surface area contributed by atoms with E-state index in [1.165, 1.54) is 0 Å². The zero-order valence-electron chi connectivity index (χ0n) is 14.1. The van der Waals surface area contributed by atoms with Gasteiger partial charge >= 0.3 is 0 Å². The van der Waals surface area contributed by atoms with E-state index in [0.717, 1.165) is 42.5 Å². The normalized spacial score (nSPS) is 45.8. The first kappa shape index (κ1) is 14.9. The van der Waals surface area contributed by atoms with Crippen LogP contribution in [0.1, 0.15) is 39.5 Å². The number of carbonyl (C=O) groups excluding carboxylic acids is 2. The van der Waals surface area contributed by atoms with Crippen molar-refractivity contribution >= 4 is 11.7 Å². The van der Waals surface area contributed by atoms with Crippen LogP contribution >= 0.6 is 0 Å². The third-order valence-electron chi connectivity index (χ3n) is 7.41. The van der Waals surface area contributed by atoms with Crippen molar-refractivity contribution in [3.8, 4) is 0 Å². The fourth-order valence-corrected chi connectivity index (χ4v) is 5.84. The molecule has 0 spiro atoms. The zero-order chi connectivity index (χ0) is 16.6. The molecule has 3 aliphatic carbocycles. The summed E-state index contributed by atoms with van der Waals surface area (Å²) in [5, 5.41) is 3.08. The van der Waals surface area contributed by atoms with Crippen LogP contribution in [-0.2, 0) is 9.59 Å². The first-order chi connectivity index (χ1) is 10.8. The fourth-order valence-electron chi connectivity index (χ4n) is 5.84. The van der Waals surface area contributed by atoms with Gasteiger partial charge in [-0.15, -0.1) is 0 Å². The van der Waals surface area contributed by atoms with Crippen LogP contribution < -0.4 is 5.32 Å². The molecule has 0 aromatic carbocycles.